The van der Waals surface area contributed by atoms with Crippen LogP contribution in [0.2, 0.25) is 0 Å². The molecule has 1 saturated heterocycles. The molecule has 0 unspecified atom stereocenters. The van der Waals surface area contributed by atoms with Gasteiger partial charge in [0.05, 0.1) is 0 Å². The third-order valence-electron chi connectivity index (χ3n) is 3.60. The van der Waals surface area contributed by atoms with E-state index in [9.17, 15) is 0 Å². The van der Waals surface area contributed by atoms with E-state index in [-0.39, 0.29) is 0 Å². The van der Waals surface area contributed by atoms with Crippen molar-refractivity contribution in [1.82, 2.24) is 15.2 Å². The highest BCUT2D eigenvalue weighted by atomic mass is 15.2. The highest BCUT2D eigenvalue weighted by molar-refractivity contribution is 5.09. The van der Waals surface area contributed by atoms with Crippen LogP contribution in [0.3, 0.4) is 0 Å². The molecule has 0 aliphatic carbocycles. The number of piperidine rings is 1. The average molecular weight is 233 g/mol. The monoisotopic (exact) mass is 233 g/mol. The maximum atomic E-state index is 4.04. The van der Waals surface area contributed by atoms with Crippen LogP contribution in [-0.2, 0) is 6.54 Å². The van der Waals surface area contributed by atoms with Crippen molar-refractivity contribution in [3.05, 3.63) is 30.1 Å². The zero-order chi connectivity index (χ0) is 12.1. The molecule has 3 heteroatoms. The normalized spacial score (nSPS) is 18.8. The molecule has 0 amide bonds. The largest absolute Gasteiger partial charge is 0.310 e. The molecular formula is C14H23N3. The fraction of sp³-hybridized carbons (Fsp3) is 0.643. The van der Waals surface area contributed by atoms with E-state index >= 15 is 0 Å². The molecule has 0 radical (unpaired) electrons. The van der Waals surface area contributed by atoms with Gasteiger partial charge in [0.2, 0.25) is 0 Å². The molecule has 1 aromatic rings. The van der Waals surface area contributed by atoms with Gasteiger partial charge in [-0.05, 0) is 57.5 Å². The lowest BCUT2D eigenvalue weighted by Crippen LogP contribution is -2.44. The summed E-state index contributed by atoms with van der Waals surface area (Å²) in [5.74, 6) is 0. The van der Waals surface area contributed by atoms with Gasteiger partial charge in [-0.2, -0.15) is 0 Å². The quantitative estimate of drug-likeness (QED) is 0.862. The van der Waals surface area contributed by atoms with Crippen LogP contribution < -0.4 is 5.32 Å². The minimum absolute atomic E-state index is 0.679. The maximum Gasteiger partial charge on any atom is 0.0271 e. The van der Waals surface area contributed by atoms with Gasteiger partial charge in [0.1, 0.15) is 0 Å². The smallest absolute Gasteiger partial charge is 0.0271 e. The number of hydrogen-bond donors (Lipinski definition) is 1. The maximum absolute atomic E-state index is 4.04. The van der Waals surface area contributed by atoms with Crippen LogP contribution in [0.5, 0.6) is 0 Å². The Bertz CT molecular complexity index is 315. The molecule has 2 heterocycles. The average Bonchev–Trinajstić information content (AvgIpc) is 2.38. The third kappa shape index (κ3) is 3.79. The summed E-state index contributed by atoms with van der Waals surface area (Å²) >= 11 is 0. The Morgan fingerprint density at radius 2 is 1.94 bits per heavy atom. The molecule has 1 aliphatic heterocycles. The first-order valence-electron chi connectivity index (χ1n) is 6.62. The summed E-state index contributed by atoms with van der Waals surface area (Å²) in [5.41, 5.74) is 1.33. The molecule has 3 nitrogen and oxygen atoms in total. The van der Waals surface area contributed by atoms with E-state index < -0.39 is 0 Å². The number of hydrogen-bond acceptors (Lipinski definition) is 3. The Morgan fingerprint density at radius 3 is 2.53 bits per heavy atom. The molecule has 1 fully saturated rings. The van der Waals surface area contributed by atoms with Crippen LogP contribution in [0, 0.1) is 0 Å². The Labute approximate surface area is 104 Å². The summed E-state index contributed by atoms with van der Waals surface area (Å²) in [4.78, 5) is 6.60. The second kappa shape index (κ2) is 6.12. The van der Waals surface area contributed by atoms with Crippen molar-refractivity contribution in [1.29, 1.82) is 0 Å². The summed E-state index contributed by atoms with van der Waals surface area (Å²) < 4.78 is 0. The van der Waals surface area contributed by atoms with Gasteiger partial charge in [-0.15, -0.1) is 0 Å². The van der Waals surface area contributed by atoms with Gasteiger partial charge < -0.3 is 10.2 Å². The van der Waals surface area contributed by atoms with Crippen molar-refractivity contribution in [2.75, 3.05) is 13.1 Å². The number of aromatic nitrogens is 1. The highest BCUT2D eigenvalue weighted by Crippen LogP contribution is 2.13. The molecule has 1 N–H and O–H groups in total. The second-order valence-electron chi connectivity index (χ2n) is 5.14. The van der Waals surface area contributed by atoms with E-state index in [2.05, 4.69) is 41.2 Å². The van der Waals surface area contributed by atoms with Crippen molar-refractivity contribution in [3.8, 4) is 0 Å². The SMILES string of the molecule is CC(C)N1CCC(NCc2ccncc2)CC1. The molecule has 0 atom stereocenters. The lowest BCUT2D eigenvalue weighted by molar-refractivity contribution is 0.161. The van der Waals surface area contributed by atoms with Crippen LogP contribution >= 0.6 is 0 Å². The lowest BCUT2D eigenvalue weighted by Gasteiger charge is -2.35. The van der Waals surface area contributed by atoms with Gasteiger partial charge in [0.15, 0.2) is 0 Å². The van der Waals surface area contributed by atoms with Crippen molar-refractivity contribution in [2.24, 2.45) is 0 Å². The van der Waals surface area contributed by atoms with Crippen LogP contribution in [0.25, 0.3) is 0 Å². The van der Waals surface area contributed by atoms with E-state index in [1.807, 2.05) is 12.4 Å². The zero-order valence-corrected chi connectivity index (χ0v) is 10.9. The number of pyridine rings is 1. The van der Waals surface area contributed by atoms with E-state index in [0.29, 0.717) is 12.1 Å². The minimum Gasteiger partial charge on any atom is -0.310 e. The van der Waals surface area contributed by atoms with Gasteiger partial charge in [-0.1, -0.05) is 0 Å². The molecule has 1 aliphatic rings. The summed E-state index contributed by atoms with van der Waals surface area (Å²) in [5, 5.41) is 3.64. The fourth-order valence-electron chi connectivity index (χ4n) is 2.38. The minimum atomic E-state index is 0.679. The first kappa shape index (κ1) is 12.5. The number of nitrogens with one attached hydrogen (secondary N) is 1. The topological polar surface area (TPSA) is 28.2 Å². The first-order chi connectivity index (χ1) is 8.25. The van der Waals surface area contributed by atoms with E-state index in [0.717, 1.165) is 6.54 Å². The van der Waals surface area contributed by atoms with E-state index in [4.69, 9.17) is 0 Å². The van der Waals surface area contributed by atoms with Gasteiger partial charge in [0, 0.05) is 31.0 Å². The lowest BCUT2D eigenvalue weighted by atomic mass is 10.0. The predicted molar refractivity (Wildman–Crippen MR) is 70.8 cm³/mol. The summed E-state index contributed by atoms with van der Waals surface area (Å²) in [6.07, 6.45) is 6.25. The molecule has 2 rings (SSSR count). The standard InChI is InChI=1S/C14H23N3/c1-12(2)17-9-5-14(6-10-17)16-11-13-3-7-15-8-4-13/h3-4,7-8,12,14,16H,5-6,9-11H2,1-2H3. The van der Waals surface area contributed by atoms with Gasteiger partial charge in [-0.3, -0.25) is 4.98 Å². The molecule has 17 heavy (non-hydrogen) atoms. The predicted octanol–water partition coefficient (Wildman–Crippen LogP) is 2.04. The highest BCUT2D eigenvalue weighted by Gasteiger charge is 2.19. The first-order valence-corrected chi connectivity index (χ1v) is 6.62. The number of rotatable bonds is 4. The number of nitrogens with zero attached hydrogens (tertiary/aromatic N) is 2. The molecule has 0 spiro atoms. The van der Waals surface area contributed by atoms with E-state index in [1.165, 1.54) is 31.5 Å². The van der Waals surface area contributed by atoms with Crippen LogP contribution in [0.4, 0.5) is 0 Å². The molecular weight excluding hydrogens is 210 g/mol. The molecule has 1 aromatic heterocycles. The second-order valence-corrected chi connectivity index (χ2v) is 5.14. The van der Waals surface area contributed by atoms with Crippen LogP contribution in [0.15, 0.2) is 24.5 Å². The zero-order valence-electron chi connectivity index (χ0n) is 10.9. The summed E-state index contributed by atoms with van der Waals surface area (Å²) in [6, 6.07) is 5.53. The third-order valence-corrected chi connectivity index (χ3v) is 3.60. The van der Waals surface area contributed by atoms with Crippen molar-refractivity contribution in [2.45, 2.75) is 45.3 Å². The van der Waals surface area contributed by atoms with Crippen molar-refractivity contribution in [3.63, 3.8) is 0 Å². The van der Waals surface area contributed by atoms with Crippen molar-refractivity contribution < 1.29 is 0 Å². The van der Waals surface area contributed by atoms with Gasteiger partial charge in [0.25, 0.3) is 0 Å². The summed E-state index contributed by atoms with van der Waals surface area (Å²) in [7, 11) is 0. The van der Waals surface area contributed by atoms with Crippen molar-refractivity contribution >= 4 is 0 Å². The Balaban J connectivity index is 1.72. The Hall–Kier alpha value is -0.930. The Kier molecular flexibility index (Phi) is 4.51. The van der Waals surface area contributed by atoms with Crippen LogP contribution in [-0.4, -0.2) is 35.1 Å². The molecule has 0 bridgehead atoms. The number of likely N-dealkylation sites (tertiary alicyclic amines) is 1. The molecule has 94 valence electrons. The van der Waals surface area contributed by atoms with Crippen LogP contribution in [0.1, 0.15) is 32.3 Å². The Morgan fingerprint density at radius 1 is 1.29 bits per heavy atom. The fourth-order valence-corrected chi connectivity index (χ4v) is 2.38. The molecule has 0 saturated carbocycles. The molecule has 0 aromatic carbocycles. The van der Waals surface area contributed by atoms with Gasteiger partial charge in [-0.25, -0.2) is 0 Å². The summed E-state index contributed by atoms with van der Waals surface area (Å²) in [6.45, 7) is 7.99. The van der Waals surface area contributed by atoms with E-state index in [1.54, 1.807) is 0 Å². The van der Waals surface area contributed by atoms with Gasteiger partial charge >= 0.3 is 0 Å².